The smallest absolute Gasteiger partial charge is 0.253 e. The lowest BCUT2D eigenvalue weighted by atomic mass is 9.32. The summed E-state index contributed by atoms with van der Waals surface area (Å²) in [6.07, 6.45) is 0. The summed E-state index contributed by atoms with van der Waals surface area (Å²) in [4.78, 5) is 17.2. The molecule has 1 aromatic heterocycles. The molecule has 2 aliphatic rings. The SMILES string of the molecule is c1ccc(-c2ccc(N3c4cc(-c5nc(-c6cc(-c7ccccc7)cc(-c7ccccc7)c6)cc(-c6cc(-c7ccccc7)cc(-c7ccccc7)c6)n5)cc5c4B(c4c3cc3ccc6cccc7ccc4c3c67)c3c(cc4ccc6cccc7ccc3c4c67)N5c3ccc(-c4ccccc4)cc3)cc2)cc1. The second-order valence-corrected chi connectivity index (χ2v) is 28.7. The molecule has 0 saturated heterocycles. The van der Waals surface area contributed by atoms with E-state index in [9.17, 15) is 0 Å². The minimum Gasteiger partial charge on any atom is -0.311 e. The van der Waals surface area contributed by atoms with Crippen LogP contribution in [0.3, 0.4) is 0 Å². The third-order valence-electron chi connectivity index (χ3n) is 22.6. The van der Waals surface area contributed by atoms with E-state index in [1.165, 1.54) is 92.2 Å². The lowest BCUT2D eigenvalue weighted by molar-refractivity contribution is 1.18. The van der Waals surface area contributed by atoms with Gasteiger partial charge in [0, 0.05) is 50.8 Å². The number of nitrogens with zero attached hydrogens (tertiary/aromatic N) is 4. The van der Waals surface area contributed by atoms with E-state index >= 15 is 0 Å². The highest BCUT2D eigenvalue weighted by molar-refractivity contribution is 7.03. The Hall–Kier alpha value is -14.0. The number of hydrogen-bond acceptors (Lipinski definition) is 4. The molecule has 0 unspecified atom stereocenters. The zero-order chi connectivity index (χ0) is 70.2. The Labute approximate surface area is 620 Å². The summed E-state index contributed by atoms with van der Waals surface area (Å²) < 4.78 is 0. The minimum absolute atomic E-state index is 0.273. The first-order valence-electron chi connectivity index (χ1n) is 36.9. The van der Waals surface area contributed by atoms with Crippen molar-refractivity contribution in [3.63, 3.8) is 0 Å². The summed E-state index contributed by atoms with van der Waals surface area (Å²) in [5.74, 6) is 0.604. The van der Waals surface area contributed by atoms with Crippen molar-refractivity contribution in [2.45, 2.75) is 0 Å². The number of fused-ring (bicyclic) bond motifs is 6. The molecule has 0 atom stereocenters. The molecule has 0 aliphatic carbocycles. The van der Waals surface area contributed by atoms with Crippen LogP contribution in [0.4, 0.5) is 34.1 Å². The van der Waals surface area contributed by atoms with Crippen LogP contribution in [0.5, 0.6) is 0 Å². The van der Waals surface area contributed by atoms with Crippen LogP contribution < -0.4 is 26.2 Å². The molecular weight excluding hydrogens is 1290 g/mol. The van der Waals surface area contributed by atoms with E-state index in [4.69, 9.17) is 9.97 Å². The zero-order valence-corrected chi connectivity index (χ0v) is 58.2. The van der Waals surface area contributed by atoms with Crippen LogP contribution in [0.15, 0.2) is 382 Å². The molecule has 20 aromatic rings. The molecular formula is C102H63BN4. The molecule has 0 fully saturated rings. The standard InChI is InChI=1S/C102H63BN4/c1-7-21-64(22-8-1)70-41-47-85(48-42-70)106-91-59-76-39-37-72-33-19-35-74-45-51-87(97(76)95(72)74)99(91)103-100-88-52-46-75-36-20-34-73-38-40-77(98(88)96(73)75)60-92(100)107(86-49-43-71(44-50-86)65-23-9-2-10-24-65)94-62-84(61-93(106)101(94)103)102-104-89(82-55-78(66-25-11-3-12-26-66)53-79(56-82)67-27-13-4-14-28-67)63-90(105-102)83-57-80(68-29-15-5-16-30-68)54-81(58-83)69-31-17-6-18-32-69/h1-63H. The van der Waals surface area contributed by atoms with Gasteiger partial charge in [-0.2, -0.15) is 0 Å². The van der Waals surface area contributed by atoms with Crippen LogP contribution in [0.25, 0.3) is 165 Å². The molecule has 0 spiro atoms. The van der Waals surface area contributed by atoms with Crippen LogP contribution in [0.2, 0.25) is 0 Å². The second-order valence-electron chi connectivity index (χ2n) is 28.7. The van der Waals surface area contributed by atoms with E-state index in [0.717, 1.165) is 118 Å². The summed E-state index contributed by atoms with van der Waals surface area (Å²) in [6.45, 7) is -0.273. The fraction of sp³-hybridized carbons (Fsp3) is 0. The zero-order valence-electron chi connectivity index (χ0n) is 58.2. The first-order valence-corrected chi connectivity index (χ1v) is 36.9. The molecule has 3 heterocycles. The summed E-state index contributed by atoms with van der Waals surface area (Å²) in [5, 5.41) is 15.0. The van der Waals surface area contributed by atoms with Gasteiger partial charge in [0.25, 0.3) is 6.71 Å². The van der Waals surface area contributed by atoms with E-state index in [-0.39, 0.29) is 6.71 Å². The Balaban J connectivity index is 0.880. The summed E-state index contributed by atoms with van der Waals surface area (Å²) in [7, 11) is 0. The first-order chi connectivity index (χ1) is 53.0. The van der Waals surface area contributed by atoms with Gasteiger partial charge in [-0.15, -0.1) is 0 Å². The Morgan fingerprint density at radius 2 is 0.477 bits per heavy atom. The van der Waals surface area contributed by atoms with Gasteiger partial charge in [0.15, 0.2) is 5.82 Å². The largest absolute Gasteiger partial charge is 0.311 e. The van der Waals surface area contributed by atoms with Crippen molar-refractivity contribution in [1.82, 2.24) is 9.97 Å². The van der Waals surface area contributed by atoms with Crippen molar-refractivity contribution < 1.29 is 0 Å². The fourth-order valence-corrected chi connectivity index (χ4v) is 17.8. The fourth-order valence-electron chi connectivity index (χ4n) is 17.8. The Kier molecular flexibility index (Phi) is 13.8. The average Bonchev–Trinajstić information content (AvgIpc) is 0.674. The number of aromatic nitrogens is 2. The molecule has 2 aliphatic heterocycles. The van der Waals surface area contributed by atoms with Crippen molar-refractivity contribution in [3.8, 4) is 101 Å². The predicted molar refractivity (Wildman–Crippen MR) is 452 cm³/mol. The molecule has 4 nitrogen and oxygen atoms in total. The van der Waals surface area contributed by atoms with Gasteiger partial charge in [-0.05, 0) is 239 Å². The first kappa shape index (κ1) is 60.6. The van der Waals surface area contributed by atoms with Crippen molar-refractivity contribution in [2.75, 3.05) is 9.80 Å². The minimum atomic E-state index is -0.273. The highest BCUT2D eigenvalue weighted by Crippen LogP contribution is 2.52. The maximum atomic E-state index is 6.01. The van der Waals surface area contributed by atoms with Crippen molar-refractivity contribution in [1.29, 1.82) is 0 Å². The van der Waals surface area contributed by atoms with E-state index in [2.05, 4.69) is 392 Å². The molecule has 0 radical (unpaired) electrons. The average molecular weight is 1360 g/mol. The lowest BCUT2D eigenvalue weighted by Gasteiger charge is -2.45. The molecule has 0 saturated carbocycles. The van der Waals surface area contributed by atoms with Gasteiger partial charge >= 0.3 is 0 Å². The van der Waals surface area contributed by atoms with Crippen LogP contribution in [0.1, 0.15) is 0 Å². The Bertz CT molecular complexity index is 6340. The van der Waals surface area contributed by atoms with Gasteiger partial charge in [-0.25, -0.2) is 9.97 Å². The van der Waals surface area contributed by atoms with Crippen LogP contribution in [-0.4, -0.2) is 16.7 Å². The Morgan fingerprint density at radius 3 is 0.822 bits per heavy atom. The van der Waals surface area contributed by atoms with Crippen molar-refractivity contribution in [2.24, 2.45) is 0 Å². The monoisotopic (exact) mass is 1350 g/mol. The maximum absolute atomic E-state index is 6.01. The highest BCUT2D eigenvalue weighted by atomic mass is 15.2. The second kappa shape index (κ2) is 24.3. The van der Waals surface area contributed by atoms with Crippen molar-refractivity contribution >= 4 is 122 Å². The maximum Gasteiger partial charge on any atom is 0.253 e. The van der Waals surface area contributed by atoms with E-state index in [1.54, 1.807) is 0 Å². The molecule has 22 rings (SSSR count). The molecule has 0 bridgehead atoms. The third-order valence-corrected chi connectivity index (χ3v) is 22.6. The van der Waals surface area contributed by atoms with Gasteiger partial charge in [-0.1, -0.05) is 291 Å². The molecule has 0 N–H and O–H groups in total. The van der Waals surface area contributed by atoms with Gasteiger partial charge < -0.3 is 9.80 Å². The van der Waals surface area contributed by atoms with Crippen LogP contribution in [0, 0.1) is 0 Å². The van der Waals surface area contributed by atoms with E-state index in [0.29, 0.717) is 5.82 Å². The van der Waals surface area contributed by atoms with Gasteiger partial charge in [-0.3, -0.25) is 0 Å². The number of rotatable bonds is 11. The molecule has 107 heavy (non-hydrogen) atoms. The summed E-state index contributed by atoms with van der Waals surface area (Å²) in [5.41, 5.74) is 28.2. The van der Waals surface area contributed by atoms with Crippen LogP contribution >= 0.6 is 0 Å². The number of hydrogen-bond donors (Lipinski definition) is 0. The van der Waals surface area contributed by atoms with Crippen LogP contribution in [-0.2, 0) is 0 Å². The van der Waals surface area contributed by atoms with Gasteiger partial charge in [0.05, 0.1) is 11.4 Å². The third kappa shape index (κ3) is 9.93. The topological polar surface area (TPSA) is 32.3 Å². The van der Waals surface area contributed by atoms with E-state index < -0.39 is 0 Å². The molecule has 0 amide bonds. The van der Waals surface area contributed by atoms with Crippen molar-refractivity contribution in [3.05, 3.63) is 382 Å². The summed E-state index contributed by atoms with van der Waals surface area (Å²) in [6, 6.07) is 142. The normalized spacial score (nSPS) is 12.4. The molecule has 5 heteroatoms. The number of anilines is 6. The molecule has 494 valence electrons. The molecule has 19 aromatic carbocycles. The van der Waals surface area contributed by atoms with Gasteiger partial charge in [0.2, 0.25) is 0 Å². The van der Waals surface area contributed by atoms with Gasteiger partial charge in [0.1, 0.15) is 0 Å². The summed E-state index contributed by atoms with van der Waals surface area (Å²) >= 11 is 0. The van der Waals surface area contributed by atoms with E-state index in [1.807, 2.05) is 0 Å². The predicted octanol–water partition coefficient (Wildman–Crippen LogP) is 25.4. The lowest BCUT2D eigenvalue weighted by Crippen LogP contribution is -2.61. The number of benzene rings is 19. The Morgan fingerprint density at radius 1 is 0.187 bits per heavy atom. The quantitative estimate of drug-likeness (QED) is 0.0954. The highest BCUT2D eigenvalue weighted by Gasteiger charge is 2.46.